The van der Waals surface area contributed by atoms with Gasteiger partial charge in [0.15, 0.2) is 0 Å². The molecule has 1 aromatic carbocycles. The molecule has 5 rings (SSSR count). The molecule has 0 unspecified atom stereocenters. The minimum absolute atomic E-state index is 0.0607. The first-order chi connectivity index (χ1) is 20.3. The van der Waals surface area contributed by atoms with E-state index in [0.29, 0.717) is 0 Å². The van der Waals surface area contributed by atoms with Gasteiger partial charge >= 0.3 is 14.2 Å². The molecule has 0 N–H and O–H groups in total. The molecular formula is C35H54B2O4. The summed E-state index contributed by atoms with van der Waals surface area (Å²) in [6.45, 7) is 7.79. The Balaban J connectivity index is 1.47. The monoisotopic (exact) mass is 560 g/mol. The second-order valence-electron chi connectivity index (χ2n) is 12.9. The van der Waals surface area contributed by atoms with E-state index < -0.39 is 0 Å². The van der Waals surface area contributed by atoms with E-state index in [4.69, 9.17) is 18.6 Å². The highest BCUT2D eigenvalue weighted by molar-refractivity contribution is 6.61. The van der Waals surface area contributed by atoms with E-state index in [1.54, 1.807) is 16.7 Å². The lowest BCUT2D eigenvalue weighted by Crippen LogP contribution is -2.41. The molecule has 2 aliphatic carbocycles. The maximum atomic E-state index is 6.14. The molecular weight excluding hydrogens is 506 g/mol. The molecule has 224 valence electrons. The third-order valence-corrected chi connectivity index (χ3v) is 9.86. The molecule has 2 fully saturated rings. The fourth-order valence-corrected chi connectivity index (χ4v) is 7.61. The van der Waals surface area contributed by atoms with Crippen molar-refractivity contribution in [3.8, 4) is 0 Å². The normalized spacial score (nSPS) is 20.3. The molecule has 4 nitrogen and oxygen atoms in total. The highest BCUT2D eigenvalue weighted by Gasteiger charge is 2.46. The minimum atomic E-state index is -0.234. The molecule has 0 radical (unpaired) electrons. The molecule has 0 amide bonds. The fraction of sp³-hybridized carbons (Fsp3) is 0.714. The highest BCUT2D eigenvalue weighted by Crippen LogP contribution is 2.56. The number of rotatable bonds is 16. The van der Waals surface area contributed by atoms with Crippen molar-refractivity contribution >= 4 is 25.3 Å². The van der Waals surface area contributed by atoms with Crippen LogP contribution in [0.1, 0.15) is 141 Å². The van der Waals surface area contributed by atoms with Gasteiger partial charge in [-0.05, 0) is 71.7 Å². The number of hydrogen-bond donors (Lipinski definition) is 0. The Labute approximate surface area is 251 Å². The third-order valence-electron chi connectivity index (χ3n) is 9.86. The van der Waals surface area contributed by atoms with E-state index in [1.807, 2.05) is 0 Å². The van der Waals surface area contributed by atoms with Crippen molar-refractivity contribution in [2.24, 2.45) is 0 Å². The van der Waals surface area contributed by atoms with E-state index in [9.17, 15) is 0 Å². The first-order valence-electron chi connectivity index (χ1n) is 17.3. The van der Waals surface area contributed by atoms with Crippen molar-refractivity contribution in [3.05, 3.63) is 46.4 Å². The van der Waals surface area contributed by atoms with Crippen LogP contribution in [0.15, 0.2) is 35.3 Å². The Bertz CT molecular complexity index is 1010. The van der Waals surface area contributed by atoms with E-state index >= 15 is 0 Å². The van der Waals surface area contributed by atoms with Crippen molar-refractivity contribution in [3.63, 3.8) is 0 Å². The third kappa shape index (κ3) is 7.61. The van der Waals surface area contributed by atoms with Crippen molar-refractivity contribution in [1.82, 2.24) is 0 Å². The Kier molecular flexibility index (Phi) is 12.1. The van der Waals surface area contributed by atoms with Gasteiger partial charge in [0.1, 0.15) is 0 Å². The summed E-state index contributed by atoms with van der Waals surface area (Å²) in [6.07, 6.45) is 25.1. The van der Waals surface area contributed by atoms with Gasteiger partial charge in [0.05, 0.1) is 0 Å². The molecule has 2 heterocycles. The van der Waals surface area contributed by atoms with Crippen LogP contribution in [0.2, 0.25) is 0 Å². The molecule has 41 heavy (non-hydrogen) atoms. The molecule has 0 saturated carbocycles. The predicted molar refractivity (Wildman–Crippen MR) is 173 cm³/mol. The van der Waals surface area contributed by atoms with Gasteiger partial charge in [-0.2, -0.15) is 0 Å². The Morgan fingerprint density at radius 3 is 1.83 bits per heavy atom. The summed E-state index contributed by atoms with van der Waals surface area (Å²) in [6, 6.07) is 7.16. The van der Waals surface area contributed by atoms with Crippen LogP contribution in [0, 0.1) is 0 Å². The lowest BCUT2D eigenvalue weighted by molar-refractivity contribution is 0.139. The zero-order valence-corrected chi connectivity index (χ0v) is 26.2. The van der Waals surface area contributed by atoms with E-state index in [-0.39, 0.29) is 19.7 Å². The van der Waals surface area contributed by atoms with E-state index in [0.717, 1.165) is 52.1 Å². The molecule has 4 aliphatic rings. The molecule has 0 bridgehead atoms. The van der Waals surface area contributed by atoms with Crippen LogP contribution in [0.25, 0.3) is 5.57 Å². The summed E-state index contributed by atoms with van der Waals surface area (Å²) in [5, 5.41) is 0. The number of unbranched alkanes of at least 4 members (excludes halogenated alkanes) is 10. The summed E-state index contributed by atoms with van der Waals surface area (Å²) < 4.78 is 24.5. The van der Waals surface area contributed by atoms with Gasteiger partial charge in [0.2, 0.25) is 0 Å². The average Bonchev–Trinajstić information content (AvgIpc) is 3.30. The number of allylic oxidation sites excluding steroid dienone is 4. The van der Waals surface area contributed by atoms with Crippen molar-refractivity contribution in [2.45, 2.75) is 135 Å². The molecule has 0 aromatic heterocycles. The highest BCUT2D eigenvalue weighted by atomic mass is 16.6. The van der Waals surface area contributed by atoms with Crippen LogP contribution >= 0.6 is 0 Å². The van der Waals surface area contributed by atoms with Gasteiger partial charge in [-0.25, -0.2) is 0 Å². The van der Waals surface area contributed by atoms with Crippen LogP contribution in [-0.2, 0) is 24.0 Å². The van der Waals surface area contributed by atoms with Crippen LogP contribution in [-0.4, -0.2) is 40.7 Å². The first kappa shape index (κ1) is 31.1. The van der Waals surface area contributed by atoms with Gasteiger partial charge < -0.3 is 18.6 Å². The lowest BCUT2D eigenvalue weighted by Gasteiger charge is -2.36. The maximum Gasteiger partial charge on any atom is 0.493 e. The molecule has 2 saturated heterocycles. The SMILES string of the molecule is CCCCCCCCC1(CCCCCCCC)C2=C(CCC(B3OCCCO3)=C2)c2ccc(B3OCCCO3)cc21. The van der Waals surface area contributed by atoms with Crippen molar-refractivity contribution in [1.29, 1.82) is 0 Å². The summed E-state index contributed by atoms with van der Waals surface area (Å²) in [5.74, 6) is 0. The van der Waals surface area contributed by atoms with Gasteiger partial charge in [0.25, 0.3) is 0 Å². The average molecular weight is 560 g/mol. The van der Waals surface area contributed by atoms with Crippen molar-refractivity contribution in [2.75, 3.05) is 26.4 Å². The quantitative estimate of drug-likeness (QED) is 0.150. The lowest BCUT2D eigenvalue weighted by atomic mass is 9.64. The number of benzene rings is 1. The Hall–Kier alpha value is -1.33. The fourth-order valence-electron chi connectivity index (χ4n) is 7.61. The van der Waals surface area contributed by atoms with Crippen LogP contribution in [0.5, 0.6) is 0 Å². The summed E-state index contributed by atoms with van der Waals surface area (Å²) in [4.78, 5) is 0. The second kappa shape index (κ2) is 15.9. The largest absolute Gasteiger partial charge is 0.493 e. The molecule has 2 aliphatic heterocycles. The molecule has 0 spiro atoms. The first-order valence-corrected chi connectivity index (χ1v) is 17.3. The molecule has 0 atom stereocenters. The summed E-state index contributed by atoms with van der Waals surface area (Å²) in [5.41, 5.74) is 8.79. The minimum Gasteiger partial charge on any atom is -0.407 e. The second-order valence-corrected chi connectivity index (χ2v) is 12.9. The Morgan fingerprint density at radius 2 is 1.22 bits per heavy atom. The zero-order valence-electron chi connectivity index (χ0n) is 26.2. The van der Waals surface area contributed by atoms with Crippen LogP contribution < -0.4 is 5.46 Å². The van der Waals surface area contributed by atoms with Gasteiger partial charge in [-0.1, -0.05) is 115 Å². The van der Waals surface area contributed by atoms with Gasteiger partial charge in [-0.15, -0.1) is 0 Å². The zero-order chi connectivity index (χ0) is 28.3. The number of hydrogen-bond acceptors (Lipinski definition) is 4. The van der Waals surface area contributed by atoms with Gasteiger partial charge in [0, 0.05) is 31.8 Å². The maximum absolute atomic E-state index is 6.14. The predicted octanol–water partition coefficient (Wildman–Crippen LogP) is 8.51. The van der Waals surface area contributed by atoms with Crippen LogP contribution in [0.3, 0.4) is 0 Å². The van der Waals surface area contributed by atoms with Crippen LogP contribution in [0.4, 0.5) is 0 Å². The molecule has 6 heteroatoms. The smallest absolute Gasteiger partial charge is 0.407 e. The topological polar surface area (TPSA) is 36.9 Å². The molecule has 1 aromatic rings. The van der Waals surface area contributed by atoms with Gasteiger partial charge in [-0.3, -0.25) is 0 Å². The summed E-state index contributed by atoms with van der Waals surface area (Å²) >= 11 is 0. The van der Waals surface area contributed by atoms with Crippen molar-refractivity contribution < 1.29 is 18.6 Å². The number of fused-ring (bicyclic) bond motifs is 2. The van der Waals surface area contributed by atoms with E-state index in [1.165, 1.54) is 106 Å². The van der Waals surface area contributed by atoms with E-state index in [2.05, 4.69) is 38.1 Å². The standard InChI is InChI=1S/C35H54B2O4/c1-3-5-7-9-11-13-21-35(22-14-12-10-8-6-4-2)33-27-29(36-38-23-15-24-39-36)17-19-31(33)32-20-18-30(28-34(32)35)37-40-25-16-26-41-37/h17,19,27-28H,3-16,18,20-26H2,1-2H3. The summed E-state index contributed by atoms with van der Waals surface area (Å²) in [7, 11) is -0.399. The Morgan fingerprint density at radius 1 is 0.659 bits per heavy atom.